The van der Waals surface area contributed by atoms with Crippen molar-refractivity contribution in [3.8, 4) is 0 Å². The van der Waals surface area contributed by atoms with E-state index in [0.29, 0.717) is 17.8 Å². The lowest BCUT2D eigenvalue weighted by atomic mass is 10.2. The second-order valence-corrected chi connectivity index (χ2v) is 7.60. The number of nitrogens with one attached hydrogen (secondary N) is 3. The highest BCUT2D eigenvalue weighted by Gasteiger charge is 2.30. The van der Waals surface area contributed by atoms with Crippen molar-refractivity contribution in [2.24, 2.45) is 0 Å². The number of anilines is 3. The van der Waals surface area contributed by atoms with Crippen LogP contribution in [0.4, 0.5) is 39.8 Å². The molecule has 0 unspecified atom stereocenters. The zero-order valence-electron chi connectivity index (χ0n) is 18.5. The fraction of sp³-hybridized carbons (Fsp3) is 0.200. The Labute approximate surface area is 195 Å². The summed E-state index contributed by atoms with van der Waals surface area (Å²) >= 11 is 0. The molecular weight excluding hydrogens is 445 g/mol. The van der Waals surface area contributed by atoms with E-state index in [0.717, 1.165) is 17.7 Å². The molecule has 3 aromatic rings. The predicted octanol–water partition coefficient (Wildman–Crippen LogP) is 6.26. The fourth-order valence-corrected chi connectivity index (χ4v) is 3.17. The third-order valence-corrected chi connectivity index (χ3v) is 4.91. The van der Waals surface area contributed by atoms with Crippen LogP contribution < -0.4 is 20.9 Å². The van der Waals surface area contributed by atoms with Gasteiger partial charge in [-0.2, -0.15) is 13.2 Å². The number of para-hydroxylation sites is 1. The van der Waals surface area contributed by atoms with Crippen LogP contribution in [-0.2, 0) is 6.18 Å². The molecule has 0 radical (unpaired) electrons. The fourth-order valence-electron chi connectivity index (χ4n) is 3.17. The van der Waals surface area contributed by atoms with Gasteiger partial charge in [0, 0.05) is 30.2 Å². The van der Waals surface area contributed by atoms with Crippen molar-refractivity contribution >= 4 is 29.1 Å². The Morgan fingerprint density at radius 2 is 1.56 bits per heavy atom. The Morgan fingerprint density at radius 3 is 2.24 bits per heavy atom. The van der Waals surface area contributed by atoms with Gasteiger partial charge in [-0.25, -0.2) is 9.59 Å². The maximum Gasteiger partial charge on any atom is 0.416 e. The van der Waals surface area contributed by atoms with Gasteiger partial charge in [-0.3, -0.25) is 4.90 Å². The second kappa shape index (κ2) is 11.2. The number of halogens is 3. The number of hydrogen-bond donors (Lipinski definition) is 3. The molecule has 3 rings (SSSR count). The van der Waals surface area contributed by atoms with Crippen molar-refractivity contribution in [3.63, 3.8) is 0 Å². The van der Waals surface area contributed by atoms with Crippen molar-refractivity contribution < 1.29 is 22.8 Å². The summed E-state index contributed by atoms with van der Waals surface area (Å²) in [7, 11) is 0. The van der Waals surface area contributed by atoms with Crippen LogP contribution in [0, 0.1) is 6.92 Å². The van der Waals surface area contributed by atoms with Crippen molar-refractivity contribution in [2.75, 3.05) is 28.6 Å². The number of alkyl halides is 3. The third kappa shape index (κ3) is 7.26. The predicted molar refractivity (Wildman–Crippen MR) is 127 cm³/mol. The number of carbonyl (C=O) groups excluding carboxylic acids is 2. The number of benzene rings is 3. The molecule has 0 spiro atoms. The van der Waals surface area contributed by atoms with Crippen molar-refractivity contribution in [1.29, 1.82) is 0 Å². The first-order valence-electron chi connectivity index (χ1n) is 10.6. The molecule has 0 saturated carbocycles. The number of rotatable bonds is 7. The van der Waals surface area contributed by atoms with Gasteiger partial charge in [0.25, 0.3) is 0 Å². The molecule has 0 fully saturated rings. The summed E-state index contributed by atoms with van der Waals surface area (Å²) in [6.45, 7) is 2.48. The van der Waals surface area contributed by atoms with Crippen LogP contribution in [0.2, 0.25) is 0 Å². The summed E-state index contributed by atoms with van der Waals surface area (Å²) in [6.07, 6.45) is -4.09. The second-order valence-electron chi connectivity index (χ2n) is 7.60. The monoisotopic (exact) mass is 470 g/mol. The van der Waals surface area contributed by atoms with E-state index in [1.54, 1.807) is 42.5 Å². The van der Waals surface area contributed by atoms with Crippen molar-refractivity contribution in [2.45, 2.75) is 19.5 Å². The van der Waals surface area contributed by atoms with E-state index in [9.17, 15) is 22.8 Å². The number of amides is 4. The molecule has 3 aromatic carbocycles. The van der Waals surface area contributed by atoms with Gasteiger partial charge in [0.2, 0.25) is 0 Å². The molecule has 4 amide bonds. The van der Waals surface area contributed by atoms with Gasteiger partial charge in [0.15, 0.2) is 0 Å². The zero-order valence-corrected chi connectivity index (χ0v) is 18.5. The van der Waals surface area contributed by atoms with E-state index < -0.39 is 17.8 Å². The Bertz CT molecular complexity index is 1100. The summed E-state index contributed by atoms with van der Waals surface area (Å²) in [6, 6.07) is 19.6. The summed E-state index contributed by atoms with van der Waals surface area (Å²) in [5.41, 5.74) is 1.51. The maximum absolute atomic E-state index is 13.0. The third-order valence-electron chi connectivity index (χ3n) is 4.91. The molecule has 0 aliphatic heterocycles. The smallest absolute Gasteiger partial charge is 0.338 e. The minimum absolute atomic E-state index is 0.0383. The topological polar surface area (TPSA) is 73.5 Å². The van der Waals surface area contributed by atoms with Crippen LogP contribution in [0.15, 0.2) is 78.9 Å². The molecule has 0 heterocycles. The Kier molecular flexibility index (Phi) is 8.13. The standard InChI is InChI=1S/C25H25F3N4O2/c1-18-11-13-20(14-12-18)30-23(33)29-15-6-16-32(22-9-3-2-4-10-22)24(34)31-21-8-5-7-19(17-21)25(26,27)28/h2-5,7-14,17H,6,15-16H2,1H3,(H,31,34)(H2,29,30,33). The minimum atomic E-state index is -4.51. The van der Waals surface area contributed by atoms with E-state index >= 15 is 0 Å². The SMILES string of the molecule is Cc1ccc(NC(=O)NCCCN(C(=O)Nc2cccc(C(F)(F)F)c2)c2ccccc2)cc1. The van der Waals surface area contributed by atoms with E-state index in [2.05, 4.69) is 16.0 Å². The first-order valence-corrected chi connectivity index (χ1v) is 10.6. The van der Waals surface area contributed by atoms with Crippen LogP contribution in [0.5, 0.6) is 0 Å². The molecule has 9 heteroatoms. The molecular formula is C25H25F3N4O2. The highest BCUT2D eigenvalue weighted by Crippen LogP contribution is 2.30. The van der Waals surface area contributed by atoms with Crippen LogP contribution in [0.3, 0.4) is 0 Å². The van der Waals surface area contributed by atoms with Crippen LogP contribution in [-0.4, -0.2) is 25.2 Å². The maximum atomic E-state index is 13.0. The molecule has 3 N–H and O–H groups in total. The number of urea groups is 2. The molecule has 0 atom stereocenters. The van der Waals surface area contributed by atoms with Gasteiger partial charge < -0.3 is 16.0 Å². The Hall–Kier alpha value is -4.01. The van der Waals surface area contributed by atoms with E-state index in [4.69, 9.17) is 0 Å². The zero-order chi connectivity index (χ0) is 24.6. The average Bonchev–Trinajstić information content (AvgIpc) is 2.80. The van der Waals surface area contributed by atoms with Gasteiger partial charge in [-0.1, -0.05) is 42.0 Å². The average molecular weight is 470 g/mol. The largest absolute Gasteiger partial charge is 0.416 e. The quantitative estimate of drug-likeness (QED) is 0.357. The number of aryl methyl sites for hydroxylation is 1. The Morgan fingerprint density at radius 1 is 0.853 bits per heavy atom. The summed E-state index contributed by atoms with van der Waals surface area (Å²) in [5.74, 6) is 0. The van der Waals surface area contributed by atoms with E-state index in [1.165, 1.54) is 17.0 Å². The van der Waals surface area contributed by atoms with Crippen molar-refractivity contribution in [1.82, 2.24) is 5.32 Å². The summed E-state index contributed by atoms with van der Waals surface area (Å²) in [4.78, 5) is 26.4. The minimum Gasteiger partial charge on any atom is -0.338 e. The number of carbonyl (C=O) groups is 2. The summed E-state index contributed by atoms with van der Waals surface area (Å²) in [5, 5.41) is 7.99. The lowest BCUT2D eigenvalue weighted by Gasteiger charge is -2.23. The normalized spacial score (nSPS) is 10.9. The molecule has 178 valence electrons. The first kappa shape index (κ1) is 24.6. The molecule has 34 heavy (non-hydrogen) atoms. The lowest BCUT2D eigenvalue weighted by Crippen LogP contribution is -2.38. The number of hydrogen-bond acceptors (Lipinski definition) is 2. The van der Waals surface area contributed by atoms with Crippen LogP contribution in [0.25, 0.3) is 0 Å². The van der Waals surface area contributed by atoms with Gasteiger partial charge in [0.05, 0.1) is 5.56 Å². The first-order chi connectivity index (χ1) is 16.2. The lowest BCUT2D eigenvalue weighted by molar-refractivity contribution is -0.137. The molecule has 0 aromatic heterocycles. The number of nitrogens with zero attached hydrogens (tertiary/aromatic N) is 1. The molecule has 0 bridgehead atoms. The van der Waals surface area contributed by atoms with Gasteiger partial charge >= 0.3 is 18.2 Å². The van der Waals surface area contributed by atoms with E-state index in [-0.39, 0.29) is 24.8 Å². The molecule has 0 aliphatic carbocycles. The molecule has 0 aliphatic rings. The van der Waals surface area contributed by atoms with Gasteiger partial charge in [0.1, 0.15) is 0 Å². The molecule has 6 nitrogen and oxygen atoms in total. The van der Waals surface area contributed by atoms with Gasteiger partial charge in [-0.05, 0) is 55.8 Å². The summed E-state index contributed by atoms with van der Waals surface area (Å²) < 4.78 is 39.0. The molecule has 0 saturated heterocycles. The Balaban J connectivity index is 1.59. The highest BCUT2D eigenvalue weighted by atomic mass is 19.4. The van der Waals surface area contributed by atoms with Crippen LogP contribution >= 0.6 is 0 Å². The van der Waals surface area contributed by atoms with Gasteiger partial charge in [-0.15, -0.1) is 0 Å². The highest BCUT2D eigenvalue weighted by molar-refractivity contribution is 6.01. The van der Waals surface area contributed by atoms with Crippen molar-refractivity contribution in [3.05, 3.63) is 90.0 Å². The van der Waals surface area contributed by atoms with Crippen LogP contribution in [0.1, 0.15) is 17.5 Å². The van der Waals surface area contributed by atoms with E-state index in [1.807, 2.05) is 19.1 Å².